The number of nitrogens with zero attached hydrogens (tertiary/aromatic N) is 2. The highest BCUT2D eigenvalue weighted by molar-refractivity contribution is 6.29. The lowest BCUT2D eigenvalue weighted by atomic mass is 10.1. The molecule has 4 rings (SSSR count). The van der Waals surface area contributed by atoms with Crippen molar-refractivity contribution in [3.05, 3.63) is 100 Å². The number of hydrogen-bond donors (Lipinski definition) is 1. The first-order chi connectivity index (χ1) is 16.4. The Labute approximate surface area is 199 Å². The van der Waals surface area contributed by atoms with Gasteiger partial charge in [-0.2, -0.15) is 0 Å². The highest BCUT2D eigenvalue weighted by Gasteiger charge is 2.21. The van der Waals surface area contributed by atoms with E-state index in [1.54, 1.807) is 12.1 Å². The van der Waals surface area contributed by atoms with Gasteiger partial charge in [-0.05, 0) is 35.9 Å². The van der Waals surface area contributed by atoms with Gasteiger partial charge in [0, 0.05) is 23.5 Å². The quantitative estimate of drug-likeness (QED) is 0.284. The van der Waals surface area contributed by atoms with E-state index >= 15 is 0 Å². The minimum absolute atomic E-state index is 0.00386. The Morgan fingerprint density at radius 1 is 1.09 bits per heavy atom. The molecule has 6 nitrogen and oxygen atoms in total. The van der Waals surface area contributed by atoms with E-state index in [9.17, 15) is 13.6 Å². The van der Waals surface area contributed by atoms with Crippen LogP contribution in [-0.4, -0.2) is 28.6 Å². The van der Waals surface area contributed by atoms with E-state index in [-0.39, 0.29) is 41.5 Å². The molecule has 0 amide bonds. The van der Waals surface area contributed by atoms with Crippen LogP contribution in [0.25, 0.3) is 10.9 Å². The van der Waals surface area contributed by atoms with Crippen LogP contribution >= 0.6 is 11.6 Å². The van der Waals surface area contributed by atoms with Crippen LogP contribution in [0.15, 0.2) is 66.9 Å². The van der Waals surface area contributed by atoms with Gasteiger partial charge in [-0.1, -0.05) is 41.9 Å². The standard InChI is InChI=1S/C25H20ClF2N3O3/c26-24-20(28)7-6-18(31-24)11-17(29)14-33-22-9-8-21-19(10-16(27)12-30-21)23(22)25(32)34-13-15-4-2-1-3-5-15/h1-10,12,17H,11,13-14,29H2/t17-/m1/s1. The van der Waals surface area contributed by atoms with Crippen LogP contribution in [0.1, 0.15) is 21.6 Å². The van der Waals surface area contributed by atoms with E-state index < -0.39 is 23.6 Å². The maximum absolute atomic E-state index is 14.0. The zero-order valence-corrected chi connectivity index (χ0v) is 18.6. The molecule has 0 saturated carbocycles. The summed E-state index contributed by atoms with van der Waals surface area (Å²) < 4.78 is 38.6. The zero-order chi connectivity index (χ0) is 24.1. The predicted molar refractivity (Wildman–Crippen MR) is 124 cm³/mol. The Balaban J connectivity index is 1.54. The molecule has 0 spiro atoms. The SMILES string of the molecule is N[C@@H](COc1ccc2ncc(F)cc2c1C(=O)OCc1ccccc1)Cc1ccc(F)c(Cl)n1. The van der Waals surface area contributed by atoms with Gasteiger partial charge in [-0.25, -0.2) is 18.6 Å². The molecule has 2 N–H and O–H groups in total. The van der Waals surface area contributed by atoms with Crippen LogP contribution in [0.2, 0.25) is 5.15 Å². The van der Waals surface area contributed by atoms with Crippen LogP contribution < -0.4 is 10.5 Å². The largest absolute Gasteiger partial charge is 0.491 e. The Hall–Kier alpha value is -3.62. The van der Waals surface area contributed by atoms with Gasteiger partial charge in [0.15, 0.2) is 11.0 Å². The minimum Gasteiger partial charge on any atom is -0.491 e. The Kier molecular flexibility index (Phi) is 7.30. The summed E-state index contributed by atoms with van der Waals surface area (Å²) in [6.45, 7) is 0.0403. The van der Waals surface area contributed by atoms with Gasteiger partial charge in [-0.3, -0.25) is 4.98 Å². The van der Waals surface area contributed by atoms with E-state index in [4.69, 9.17) is 26.8 Å². The number of nitrogens with two attached hydrogens (primary N) is 1. The van der Waals surface area contributed by atoms with Crippen LogP contribution in [0.4, 0.5) is 8.78 Å². The third-order valence-electron chi connectivity index (χ3n) is 5.00. The molecule has 0 radical (unpaired) electrons. The van der Waals surface area contributed by atoms with Crippen LogP contribution in [-0.2, 0) is 17.8 Å². The number of esters is 1. The summed E-state index contributed by atoms with van der Waals surface area (Å²) in [6.07, 6.45) is 1.33. The number of aromatic nitrogens is 2. The Bertz CT molecular complexity index is 1320. The Morgan fingerprint density at radius 2 is 1.88 bits per heavy atom. The molecule has 0 aliphatic carbocycles. The van der Waals surface area contributed by atoms with E-state index in [0.717, 1.165) is 11.8 Å². The van der Waals surface area contributed by atoms with Gasteiger partial charge >= 0.3 is 5.97 Å². The summed E-state index contributed by atoms with van der Waals surface area (Å²) in [7, 11) is 0. The van der Waals surface area contributed by atoms with E-state index in [0.29, 0.717) is 11.2 Å². The van der Waals surface area contributed by atoms with Crippen molar-refractivity contribution in [3.8, 4) is 5.75 Å². The molecule has 2 aromatic carbocycles. The number of benzene rings is 2. The second-order valence-electron chi connectivity index (χ2n) is 7.57. The number of carbonyl (C=O) groups excluding carboxylic acids is 1. The summed E-state index contributed by atoms with van der Waals surface area (Å²) in [4.78, 5) is 21.0. The topological polar surface area (TPSA) is 87.3 Å². The molecule has 0 aliphatic rings. The lowest BCUT2D eigenvalue weighted by molar-refractivity contribution is 0.0470. The molecular formula is C25H20ClF2N3O3. The summed E-state index contributed by atoms with van der Waals surface area (Å²) >= 11 is 5.72. The molecule has 0 unspecified atom stereocenters. The number of rotatable bonds is 8. The fraction of sp³-hybridized carbons (Fsp3) is 0.160. The Morgan fingerprint density at radius 3 is 2.65 bits per heavy atom. The van der Waals surface area contributed by atoms with Crippen molar-refractivity contribution in [3.63, 3.8) is 0 Å². The summed E-state index contributed by atoms with van der Waals surface area (Å²) in [5, 5.41) is 0.0224. The third-order valence-corrected chi connectivity index (χ3v) is 5.26. The van der Waals surface area contributed by atoms with Gasteiger partial charge in [0.25, 0.3) is 0 Å². The fourth-order valence-electron chi connectivity index (χ4n) is 3.37. The maximum Gasteiger partial charge on any atom is 0.342 e. The summed E-state index contributed by atoms with van der Waals surface area (Å²) in [5.74, 6) is -1.72. The third kappa shape index (κ3) is 5.65. The predicted octanol–water partition coefficient (Wildman–Crippen LogP) is 4.87. The van der Waals surface area contributed by atoms with Crippen LogP contribution in [0.5, 0.6) is 5.75 Å². The lowest BCUT2D eigenvalue weighted by Crippen LogP contribution is -2.31. The molecule has 0 fully saturated rings. The van der Waals surface area contributed by atoms with Crippen molar-refractivity contribution >= 4 is 28.5 Å². The van der Waals surface area contributed by atoms with Gasteiger partial charge in [-0.15, -0.1) is 0 Å². The molecule has 9 heteroatoms. The molecule has 174 valence electrons. The van der Waals surface area contributed by atoms with Crippen LogP contribution in [0.3, 0.4) is 0 Å². The zero-order valence-electron chi connectivity index (χ0n) is 17.9. The summed E-state index contributed by atoms with van der Waals surface area (Å²) in [5.41, 5.74) is 7.91. The number of halogens is 3. The van der Waals surface area contributed by atoms with Crippen molar-refractivity contribution in [2.45, 2.75) is 19.1 Å². The molecule has 1 atom stereocenters. The fourth-order valence-corrected chi connectivity index (χ4v) is 3.54. The number of ether oxygens (including phenoxy) is 2. The second-order valence-corrected chi connectivity index (χ2v) is 7.93. The van der Waals surface area contributed by atoms with Crippen molar-refractivity contribution in [2.75, 3.05) is 6.61 Å². The first-order valence-electron chi connectivity index (χ1n) is 10.4. The van der Waals surface area contributed by atoms with Crippen LogP contribution in [0, 0.1) is 11.6 Å². The highest BCUT2D eigenvalue weighted by Crippen LogP contribution is 2.29. The lowest BCUT2D eigenvalue weighted by Gasteiger charge is -2.17. The number of carbonyl (C=O) groups is 1. The molecule has 2 heterocycles. The molecule has 0 aliphatic heterocycles. The van der Waals surface area contributed by atoms with Crippen molar-refractivity contribution in [1.29, 1.82) is 0 Å². The summed E-state index contributed by atoms with van der Waals surface area (Å²) in [6, 6.07) is 15.7. The average molecular weight is 484 g/mol. The second kappa shape index (κ2) is 10.5. The van der Waals surface area contributed by atoms with Crippen molar-refractivity contribution in [2.24, 2.45) is 5.73 Å². The minimum atomic E-state index is -0.683. The molecule has 34 heavy (non-hydrogen) atoms. The number of hydrogen-bond acceptors (Lipinski definition) is 6. The van der Waals surface area contributed by atoms with Gasteiger partial charge in [0.2, 0.25) is 0 Å². The molecule has 0 bridgehead atoms. The van der Waals surface area contributed by atoms with E-state index in [2.05, 4.69) is 9.97 Å². The molecule has 2 aromatic heterocycles. The molecular weight excluding hydrogens is 464 g/mol. The molecule has 4 aromatic rings. The first kappa shape index (κ1) is 23.5. The number of pyridine rings is 2. The van der Waals surface area contributed by atoms with Crippen molar-refractivity contribution in [1.82, 2.24) is 9.97 Å². The van der Waals surface area contributed by atoms with Gasteiger partial charge in [0.1, 0.15) is 30.3 Å². The van der Waals surface area contributed by atoms with E-state index in [1.807, 2.05) is 30.3 Å². The monoisotopic (exact) mass is 483 g/mol. The number of fused-ring (bicyclic) bond motifs is 1. The van der Waals surface area contributed by atoms with Gasteiger partial charge in [0.05, 0.1) is 11.7 Å². The molecule has 0 saturated heterocycles. The highest BCUT2D eigenvalue weighted by atomic mass is 35.5. The van der Waals surface area contributed by atoms with Gasteiger partial charge < -0.3 is 15.2 Å². The average Bonchev–Trinajstić information content (AvgIpc) is 2.83. The van der Waals surface area contributed by atoms with E-state index in [1.165, 1.54) is 18.2 Å². The first-order valence-corrected chi connectivity index (χ1v) is 10.8. The maximum atomic E-state index is 14.0. The normalized spacial score (nSPS) is 11.9. The van der Waals surface area contributed by atoms with Crippen molar-refractivity contribution < 1.29 is 23.0 Å². The smallest absolute Gasteiger partial charge is 0.342 e.